The van der Waals surface area contributed by atoms with Crippen molar-refractivity contribution in [2.45, 2.75) is 44.1 Å². The summed E-state index contributed by atoms with van der Waals surface area (Å²) in [5, 5.41) is 0.585. The highest BCUT2D eigenvalue weighted by Crippen LogP contribution is 2.24. The van der Waals surface area contributed by atoms with Gasteiger partial charge in [-0.3, -0.25) is 0 Å². The molecule has 128 valence electrons. The van der Waals surface area contributed by atoms with Crippen LogP contribution in [0.25, 0.3) is 0 Å². The quantitative estimate of drug-likeness (QED) is 0.615. The van der Waals surface area contributed by atoms with Gasteiger partial charge in [0.05, 0.1) is 19.7 Å². The van der Waals surface area contributed by atoms with E-state index in [1.54, 1.807) is 18.1 Å². The van der Waals surface area contributed by atoms with Crippen LogP contribution in [0.5, 0.6) is 11.8 Å². The molecule has 7 nitrogen and oxygen atoms in total. The lowest BCUT2D eigenvalue weighted by atomic mass is 10.2. The average molecular weight is 341 g/mol. The van der Waals surface area contributed by atoms with E-state index in [1.807, 2.05) is 27.0 Å². The molecule has 8 heteroatoms. The van der Waals surface area contributed by atoms with Crippen LogP contribution in [0.2, 0.25) is 0 Å². The van der Waals surface area contributed by atoms with Gasteiger partial charge in [0.2, 0.25) is 11.8 Å². The van der Waals surface area contributed by atoms with Crippen molar-refractivity contribution in [3.63, 3.8) is 0 Å². The third kappa shape index (κ3) is 5.16. The van der Waals surface area contributed by atoms with Gasteiger partial charge in [-0.25, -0.2) is 4.79 Å². The van der Waals surface area contributed by atoms with Crippen molar-refractivity contribution >= 4 is 17.9 Å². The molecule has 1 aliphatic heterocycles. The Balaban J connectivity index is 1.96. The van der Waals surface area contributed by atoms with E-state index in [9.17, 15) is 4.79 Å². The summed E-state index contributed by atoms with van der Waals surface area (Å²) in [5.41, 5.74) is -0.497. The maximum absolute atomic E-state index is 12.1. The van der Waals surface area contributed by atoms with Crippen LogP contribution in [0.15, 0.2) is 11.2 Å². The van der Waals surface area contributed by atoms with E-state index < -0.39 is 5.60 Å². The molecular weight excluding hydrogens is 318 g/mol. The molecule has 2 heterocycles. The van der Waals surface area contributed by atoms with E-state index >= 15 is 0 Å². The SMILES string of the molecule is COc1cc(O[C@H]2CCN(C(=O)OC(C)(C)C)C2)nc(SC)n1. The largest absolute Gasteiger partial charge is 0.481 e. The molecule has 1 aromatic heterocycles. The number of thioether (sulfide) groups is 1. The number of carbonyl (C=O) groups excluding carboxylic acids is 1. The zero-order valence-electron chi connectivity index (χ0n) is 14.2. The van der Waals surface area contributed by atoms with Crippen molar-refractivity contribution in [1.82, 2.24) is 14.9 Å². The van der Waals surface area contributed by atoms with E-state index in [4.69, 9.17) is 14.2 Å². The predicted molar refractivity (Wildman–Crippen MR) is 87.2 cm³/mol. The van der Waals surface area contributed by atoms with Crippen LogP contribution in [0.4, 0.5) is 4.79 Å². The van der Waals surface area contributed by atoms with Crippen LogP contribution in [-0.4, -0.2) is 59.1 Å². The molecule has 1 aliphatic rings. The van der Waals surface area contributed by atoms with Crippen LogP contribution < -0.4 is 9.47 Å². The third-order valence-electron chi connectivity index (χ3n) is 3.13. The number of hydrogen-bond donors (Lipinski definition) is 0. The topological polar surface area (TPSA) is 73.8 Å². The number of methoxy groups -OCH3 is 1. The monoisotopic (exact) mass is 341 g/mol. The molecular formula is C15H23N3O4S. The van der Waals surface area contributed by atoms with Gasteiger partial charge in [0.15, 0.2) is 5.16 Å². The molecule has 1 aromatic rings. The molecule has 0 N–H and O–H groups in total. The average Bonchev–Trinajstić information content (AvgIpc) is 2.93. The van der Waals surface area contributed by atoms with Gasteiger partial charge in [-0.15, -0.1) is 0 Å². The molecule has 0 aliphatic carbocycles. The molecule has 0 unspecified atom stereocenters. The number of carbonyl (C=O) groups is 1. The summed E-state index contributed by atoms with van der Waals surface area (Å²) in [6, 6.07) is 1.65. The highest BCUT2D eigenvalue weighted by atomic mass is 32.2. The summed E-state index contributed by atoms with van der Waals surface area (Å²) in [7, 11) is 1.55. The fourth-order valence-electron chi connectivity index (χ4n) is 2.13. The second-order valence-electron chi connectivity index (χ2n) is 6.19. The molecule has 0 aromatic carbocycles. The van der Waals surface area contributed by atoms with E-state index in [0.29, 0.717) is 30.0 Å². The molecule has 0 spiro atoms. The second-order valence-corrected chi connectivity index (χ2v) is 6.96. The Kier molecular flexibility index (Phi) is 5.56. The first kappa shape index (κ1) is 17.7. The summed E-state index contributed by atoms with van der Waals surface area (Å²) in [5.74, 6) is 0.915. The highest BCUT2D eigenvalue weighted by molar-refractivity contribution is 7.98. The lowest BCUT2D eigenvalue weighted by Crippen LogP contribution is -2.36. The Labute approximate surface area is 140 Å². The minimum atomic E-state index is -0.497. The lowest BCUT2D eigenvalue weighted by molar-refractivity contribution is 0.0274. The Morgan fingerprint density at radius 1 is 1.35 bits per heavy atom. The van der Waals surface area contributed by atoms with Gasteiger partial charge in [-0.1, -0.05) is 11.8 Å². The Morgan fingerprint density at radius 2 is 2.04 bits per heavy atom. The number of hydrogen-bond acceptors (Lipinski definition) is 7. The van der Waals surface area contributed by atoms with Crippen molar-refractivity contribution in [1.29, 1.82) is 0 Å². The number of amides is 1. The van der Waals surface area contributed by atoms with Gasteiger partial charge < -0.3 is 19.1 Å². The summed E-state index contributed by atoms with van der Waals surface area (Å²) in [4.78, 5) is 22.2. The molecule has 1 fully saturated rings. The van der Waals surface area contributed by atoms with Crippen molar-refractivity contribution in [3.8, 4) is 11.8 Å². The molecule has 2 rings (SSSR count). The summed E-state index contributed by atoms with van der Waals surface area (Å²) in [6.07, 6.45) is 2.20. The normalized spacial score (nSPS) is 18.0. The molecule has 1 saturated heterocycles. The first-order chi connectivity index (χ1) is 10.8. The standard InChI is InChI=1S/C15H23N3O4S/c1-15(2,3)22-14(19)18-7-6-10(9-18)21-12-8-11(20-4)16-13(17-12)23-5/h8,10H,6-7,9H2,1-5H3/t10-/m0/s1. The first-order valence-corrected chi connectivity index (χ1v) is 8.65. The van der Waals surface area contributed by atoms with Crippen molar-refractivity contribution in [3.05, 3.63) is 6.07 Å². The first-order valence-electron chi connectivity index (χ1n) is 7.42. The third-order valence-corrected chi connectivity index (χ3v) is 3.68. The van der Waals surface area contributed by atoms with Crippen molar-refractivity contribution < 1.29 is 19.0 Å². The minimum Gasteiger partial charge on any atom is -0.481 e. The Bertz CT molecular complexity index is 540. The number of aromatic nitrogens is 2. The van der Waals surface area contributed by atoms with Gasteiger partial charge in [0, 0.05) is 13.0 Å². The van der Waals surface area contributed by atoms with Crippen LogP contribution >= 0.6 is 11.8 Å². The van der Waals surface area contributed by atoms with Gasteiger partial charge in [0.25, 0.3) is 0 Å². The summed E-state index contributed by atoms with van der Waals surface area (Å²) >= 11 is 1.42. The number of ether oxygens (including phenoxy) is 3. The predicted octanol–water partition coefficient (Wildman–Crippen LogP) is 2.60. The van der Waals surface area contributed by atoms with E-state index in [0.717, 1.165) is 6.42 Å². The van der Waals surface area contributed by atoms with Gasteiger partial charge in [-0.05, 0) is 27.0 Å². The van der Waals surface area contributed by atoms with Crippen LogP contribution in [0.3, 0.4) is 0 Å². The minimum absolute atomic E-state index is 0.114. The zero-order chi connectivity index (χ0) is 17.0. The van der Waals surface area contributed by atoms with Crippen molar-refractivity contribution in [2.75, 3.05) is 26.5 Å². The lowest BCUT2D eigenvalue weighted by Gasteiger charge is -2.24. The zero-order valence-corrected chi connectivity index (χ0v) is 15.0. The van der Waals surface area contributed by atoms with Gasteiger partial charge >= 0.3 is 6.09 Å². The molecule has 0 radical (unpaired) electrons. The second kappa shape index (κ2) is 7.25. The maximum atomic E-state index is 12.1. The molecule has 0 saturated carbocycles. The van der Waals surface area contributed by atoms with Crippen LogP contribution in [-0.2, 0) is 4.74 Å². The number of rotatable bonds is 4. The van der Waals surface area contributed by atoms with Gasteiger partial charge in [0.1, 0.15) is 11.7 Å². The van der Waals surface area contributed by atoms with Gasteiger partial charge in [-0.2, -0.15) is 9.97 Å². The molecule has 1 atom stereocenters. The van der Waals surface area contributed by atoms with Crippen LogP contribution in [0.1, 0.15) is 27.2 Å². The molecule has 23 heavy (non-hydrogen) atoms. The molecule has 1 amide bonds. The van der Waals surface area contributed by atoms with E-state index in [1.165, 1.54) is 11.8 Å². The highest BCUT2D eigenvalue weighted by Gasteiger charge is 2.31. The maximum Gasteiger partial charge on any atom is 0.410 e. The fourth-order valence-corrected chi connectivity index (χ4v) is 2.49. The van der Waals surface area contributed by atoms with E-state index in [2.05, 4.69) is 9.97 Å². The fraction of sp³-hybridized carbons (Fsp3) is 0.667. The Hall–Kier alpha value is -1.70. The van der Waals surface area contributed by atoms with Crippen molar-refractivity contribution in [2.24, 2.45) is 0 Å². The van der Waals surface area contributed by atoms with E-state index in [-0.39, 0.29) is 12.2 Å². The smallest absolute Gasteiger partial charge is 0.410 e. The molecule has 0 bridgehead atoms. The van der Waals surface area contributed by atoms with Crippen LogP contribution in [0, 0.1) is 0 Å². The number of nitrogens with zero attached hydrogens (tertiary/aromatic N) is 3. The Morgan fingerprint density at radius 3 is 2.65 bits per heavy atom. The summed E-state index contributed by atoms with van der Waals surface area (Å²) < 4.78 is 16.4. The summed E-state index contributed by atoms with van der Waals surface area (Å²) in [6.45, 7) is 6.65. The number of likely N-dealkylation sites (tertiary alicyclic amines) is 1.